The zero-order chi connectivity index (χ0) is 14.5. The van der Waals surface area contributed by atoms with E-state index in [2.05, 4.69) is 15.1 Å². The van der Waals surface area contributed by atoms with Gasteiger partial charge in [-0.15, -0.1) is 0 Å². The van der Waals surface area contributed by atoms with Crippen molar-refractivity contribution in [1.29, 1.82) is 0 Å². The molecule has 0 saturated heterocycles. The fourth-order valence-electron chi connectivity index (χ4n) is 1.72. The number of rotatable bonds is 8. The lowest BCUT2D eigenvalue weighted by molar-refractivity contribution is 0.566. The number of aryl methyl sites for hydroxylation is 2. The van der Waals surface area contributed by atoms with Gasteiger partial charge >= 0.3 is 0 Å². The molecule has 0 spiro atoms. The highest BCUT2D eigenvalue weighted by atomic mass is 35.5. The van der Waals surface area contributed by atoms with Crippen molar-refractivity contribution in [1.82, 2.24) is 19.8 Å². The lowest BCUT2D eigenvalue weighted by Crippen LogP contribution is -2.31. The molecule has 19 heavy (non-hydrogen) atoms. The van der Waals surface area contributed by atoms with Crippen LogP contribution >= 0.6 is 11.6 Å². The van der Waals surface area contributed by atoms with Gasteiger partial charge < -0.3 is 5.32 Å². The molecule has 0 saturated carbocycles. The number of nitrogens with one attached hydrogen (secondary N) is 2. The summed E-state index contributed by atoms with van der Waals surface area (Å²) < 4.78 is 26.1. The predicted octanol–water partition coefficient (Wildman–Crippen LogP) is 0.758. The summed E-state index contributed by atoms with van der Waals surface area (Å²) in [7, 11) is -3.12. The second kappa shape index (κ2) is 7.23. The topological polar surface area (TPSA) is 76.0 Å². The van der Waals surface area contributed by atoms with Crippen LogP contribution in [-0.4, -0.2) is 37.5 Å². The largest absolute Gasteiger partial charge is 0.310 e. The summed E-state index contributed by atoms with van der Waals surface area (Å²) in [5.74, 6) is 0. The molecule has 110 valence electrons. The Hall–Kier alpha value is -0.630. The molecule has 0 aliphatic rings. The second-order valence-corrected chi connectivity index (χ2v) is 6.43. The molecule has 0 radical (unpaired) electrons. The zero-order valence-electron chi connectivity index (χ0n) is 11.5. The van der Waals surface area contributed by atoms with E-state index in [0.29, 0.717) is 24.7 Å². The first-order valence-corrected chi connectivity index (χ1v) is 8.55. The third kappa shape index (κ3) is 5.10. The van der Waals surface area contributed by atoms with E-state index in [-0.39, 0.29) is 0 Å². The Morgan fingerprint density at radius 3 is 2.53 bits per heavy atom. The molecule has 0 bridgehead atoms. The maximum absolute atomic E-state index is 10.9. The van der Waals surface area contributed by atoms with Gasteiger partial charge in [0.1, 0.15) is 0 Å². The maximum Gasteiger partial charge on any atom is 0.208 e. The summed E-state index contributed by atoms with van der Waals surface area (Å²) in [5.41, 5.74) is 1.84. The fourth-order valence-corrected chi connectivity index (χ4v) is 2.53. The molecular formula is C11H21ClN4O2S. The van der Waals surface area contributed by atoms with Crippen LogP contribution in [0.2, 0.25) is 5.02 Å². The van der Waals surface area contributed by atoms with Crippen LogP contribution < -0.4 is 10.0 Å². The Balaban J connectivity index is 2.51. The first kappa shape index (κ1) is 16.4. The van der Waals surface area contributed by atoms with Crippen LogP contribution in [0.15, 0.2) is 0 Å². The summed E-state index contributed by atoms with van der Waals surface area (Å²) >= 11 is 6.26. The molecular weight excluding hydrogens is 288 g/mol. The van der Waals surface area contributed by atoms with Crippen molar-refractivity contribution in [2.75, 3.05) is 19.3 Å². The van der Waals surface area contributed by atoms with Gasteiger partial charge in [-0.1, -0.05) is 18.5 Å². The molecule has 1 aromatic heterocycles. The van der Waals surface area contributed by atoms with Gasteiger partial charge in [0.2, 0.25) is 10.0 Å². The van der Waals surface area contributed by atoms with E-state index in [0.717, 1.165) is 30.6 Å². The molecule has 1 aromatic rings. The Bertz CT molecular complexity index is 513. The number of aromatic nitrogens is 2. The van der Waals surface area contributed by atoms with Gasteiger partial charge in [-0.3, -0.25) is 4.68 Å². The molecule has 0 atom stereocenters. The molecule has 1 rings (SSSR count). The lowest BCUT2D eigenvalue weighted by Gasteiger charge is -2.07. The third-order valence-electron chi connectivity index (χ3n) is 2.65. The van der Waals surface area contributed by atoms with E-state index >= 15 is 0 Å². The smallest absolute Gasteiger partial charge is 0.208 e. The average molecular weight is 309 g/mol. The highest BCUT2D eigenvalue weighted by Gasteiger charge is 2.13. The fraction of sp³-hybridized carbons (Fsp3) is 0.727. The average Bonchev–Trinajstić information content (AvgIpc) is 2.64. The van der Waals surface area contributed by atoms with Crippen LogP contribution in [0, 0.1) is 0 Å². The van der Waals surface area contributed by atoms with E-state index in [9.17, 15) is 8.42 Å². The molecule has 0 aliphatic heterocycles. The van der Waals surface area contributed by atoms with Gasteiger partial charge in [0, 0.05) is 26.2 Å². The predicted molar refractivity (Wildman–Crippen MR) is 76.8 cm³/mol. The highest BCUT2D eigenvalue weighted by Crippen LogP contribution is 2.21. The van der Waals surface area contributed by atoms with Crippen molar-refractivity contribution in [3.05, 3.63) is 16.4 Å². The van der Waals surface area contributed by atoms with Crippen molar-refractivity contribution in [2.45, 2.75) is 33.4 Å². The van der Waals surface area contributed by atoms with Gasteiger partial charge in [-0.05, 0) is 13.3 Å². The number of hydrogen-bond acceptors (Lipinski definition) is 4. The number of sulfonamides is 1. The summed E-state index contributed by atoms with van der Waals surface area (Å²) in [6, 6.07) is 0. The standard InChI is InChI=1S/C11H21ClN4O2S/c1-4-9-11(12)10(16(5-2)15-9)8-13-6-7-14-19(3,17)18/h13-14H,4-8H2,1-3H3. The molecule has 2 N–H and O–H groups in total. The first-order chi connectivity index (χ1) is 8.89. The number of hydrogen-bond donors (Lipinski definition) is 2. The third-order valence-corrected chi connectivity index (χ3v) is 3.82. The van der Waals surface area contributed by atoms with Crippen LogP contribution in [0.5, 0.6) is 0 Å². The van der Waals surface area contributed by atoms with Gasteiger partial charge in [-0.2, -0.15) is 5.10 Å². The SMILES string of the molecule is CCc1nn(CC)c(CNCCNS(C)(=O)=O)c1Cl. The van der Waals surface area contributed by atoms with Crippen LogP contribution in [0.1, 0.15) is 25.2 Å². The van der Waals surface area contributed by atoms with Crippen LogP contribution in [-0.2, 0) is 29.5 Å². The van der Waals surface area contributed by atoms with Crippen molar-refractivity contribution in [2.24, 2.45) is 0 Å². The van der Waals surface area contributed by atoms with Crippen LogP contribution in [0.3, 0.4) is 0 Å². The molecule has 8 heteroatoms. The monoisotopic (exact) mass is 308 g/mol. The van der Waals surface area contributed by atoms with Gasteiger partial charge in [0.15, 0.2) is 0 Å². The first-order valence-electron chi connectivity index (χ1n) is 6.28. The summed E-state index contributed by atoms with van der Waals surface area (Å²) in [6.45, 7) is 6.26. The summed E-state index contributed by atoms with van der Waals surface area (Å²) in [6.07, 6.45) is 1.94. The van der Waals surface area contributed by atoms with Gasteiger partial charge in [0.05, 0.1) is 22.7 Å². The van der Waals surface area contributed by atoms with Crippen molar-refractivity contribution in [3.8, 4) is 0 Å². The summed E-state index contributed by atoms with van der Waals surface area (Å²) in [5, 5.41) is 8.27. The Labute approximate surface area is 119 Å². The van der Waals surface area contributed by atoms with Crippen molar-refractivity contribution in [3.63, 3.8) is 0 Å². The van der Waals surface area contributed by atoms with E-state index in [1.165, 1.54) is 0 Å². The minimum atomic E-state index is -3.12. The molecule has 1 heterocycles. The number of nitrogens with zero attached hydrogens (tertiary/aromatic N) is 2. The van der Waals surface area contributed by atoms with Gasteiger partial charge in [0.25, 0.3) is 0 Å². The Kier molecular flexibility index (Phi) is 6.25. The molecule has 0 aromatic carbocycles. The molecule has 0 unspecified atom stereocenters. The number of halogens is 1. The van der Waals surface area contributed by atoms with Gasteiger partial charge in [-0.25, -0.2) is 13.1 Å². The normalized spacial score (nSPS) is 12.0. The molecule has 0 amide bonds. The minimum Gasteiger partial charge on any atom is -0.310 e. The second-order valence-electron chi connectivity index (χ2n) is 4.22. The molecule has 6 nitrogen and oxygen atoms in total. The van der Waals surface area contributed by atoms with E-state index in [1.54, 1.807) is 0 Å². The van der Waals surface area contributed by atoms with E-state index in [1.807, 2.05) is 18.5 Å². The quantitative estimate of drug-likeness (QED) is 0.695. The van der Waals surface area contributed by atoms with E-state index in [4.69, 9.17) is 11.6 Å². The van der Waals surface area contributed by atoms with Crippen LogP contribution in [0.25, 0.3) is 0 Å². The Morgan fingerprint density at radius 2 is 2.00 bits per heavy atom. The zero-order valence-corrected chi connectivity index (χ0v) is 13.1. The minimum absolute atomic E-state index is 0.358. The van der Waals surface area contributed by atoms with Crippen LogP contribution in [0.4, 0.5) is 0 Å². The van der Waals surface area contributed by atoms with Crippen molar-refractivity contribution >= 4 is 21.6 Å². The Morgan fingerprint density at radius 1 is 1.32 bits per heavy atom. The highest BCUT2D eigenvalue weighted by molar-refractivity contribution is 7.88. The summed E-state index contributed by atoms with van der Waals surface area (Å²) in [4.78, 5) is 0. The molecule has 0 aliphatic carbocycles. The van der Waals surface area contributed by atoms with E-state index < -0.39 is 10.0 Å². The van der Waals surface area contributed by atoms with Crippen molar-refractivity contribution < 1.29 is 8.42 Å². The maximum atomic E-state index is 10.9. The lowest BCUT2D eigenvalue weighted by atomic mass is 10.3. The molecule has 0 fully saturated rings.